The van der Waals surface area contributed by atoms with E-state index in [0.29, 0.717) is 19.5 Å². The first kappa shape index (κ1) is 11.0. The topological polar surface area (TPSA) is 83.6 Å². The predicted molar refractivity (Wildman–Crippen MR) is 50.5 cm³/mol. The molecule has 1 saturated heterocycles. The molecule has 5 heteroatoms. The van der Waals surface area contributed by atoms with Crippen molar-refractivity contribution in [2.45, 2.75) is 13.3 Å². The Hall–Kier alpha value is -1.10. The van der Waals surface area contributed by atoms with E-state index in [1.54, 1.807) is 0 Å². The molecule has 1 aliphatic heterocycles. The lowest BCUT2D eigenvalue weighted by Crippen LogP contribution is -2.27. The molecule has 5 nitrogen and oxygen atoms in total. The molecule has 0 radical (unpaired) electrons. The molecule has 3 N–H and O–H groups in total. The van der Waals surface area contributed by atoms with Gasteiger partial charge in [0.25, 0.3) is 0 Å². The first-order valence-electron chi connectivity index (χ1n) is 4.74. The van der Waals surface area contributed by atoms with Gasteiger partial charge in [0.15, 0.2) is 0 Å². The molecule has 1 heterocycles. The first-order valence-corrected chi connectivity index (χ1v) is 4.74. The number of hydrogen-bond acceptors (Lipinski definition) is 3. The highest BCUT2D eigenvalue weighted by Gasteiger charge is 2.34. The van der Waals surface area contributed by atoms with E-state index in [2.05, 4.69) is 0 Å². The van der Waals surface area contributed by atoms with Gasteiger partial charge >= 0.3 is 5.97 Å². The van der Waals surface area contributed by atoms with Crippen molar-refractivity contribution in [1.29, 1.82) is 0 Å². The Morgan fingerprint density at radius 1 is 1.50 bits per heavy atom. The number of hydrogen-bond donors (Lipinski definition) is 2. The molecule has 0 aromatic rings. The van der Waals surface area contributed by atoms with Crippen LogP contribution in [-0.4, -0.2) is 41.5 Å². The number of amides is 1. The molecule has 1 fully saturated rings. The van der Waals surface area contributed by atoms with Gasteiger partial charge in [-0.15, -0.1) is 0 Å². The summed E-state index contributed by atoms with van der Waals surface area (Å²) in [7, 11) is 0. The lowest BCUT2D eigenvalue weighted by Gasteiger charge is -2.13. The van der Waals surface area contributed by atoms with Crippen LogP contribution >= 0.6 is 0 Å². The molecule has 0 aliphatic carbocycles. The molecule has 0 aromatic heterocycles. The van der Waals surface area contributed by atoms with Gasteiger partial charge in [0.2, 0.25) is 5.91 Å². The van der Waals surface area contributed by atoms with E-state index >= 15 is 0 Å². The molecule has 14 heavy (non-hydrogen) atoms. The van der Waals surface area contributed by atoms with Crippen LogP contribution in [0.4, 0.5) is 0 Å². The highest BCUT2D eigenvalue weighted by molar-refractivity contribution is 5.74. The Labute approximate surface area is 82.9 Å². The Balaban J connectivity index is 2.38. The number of carboxylic acids is 1. The average Bonchev–Trinajstić information content (AvgIpc) is 2.43. The summed E-state index contributed by atoms with van der Waals surface area (Å²) in [6.45, 7) is 3.76. The van der Waals surface area contributed by atoms with E-state index in [-0.39, 0.29) is 17.7 Å². The van der Waals surface area contributed by atoms with Crippen LogP contribution in [0.25, 0.3) is 0 Å². The summed E-state index contributed by atoms with van der Waals surface area (Å²) in [5, 5.41) is 8.86. The number of aliphatic carboxylic acids is 1. The molecule has 0 saturated carbocycles. The minimum Gasteiger partial charge on any atom is -0.481 e. The van der Waals surface area contributed by atoms with Crippen molar-refractivity contribution in [2.75, 3.05) is 19.6 Å². The van der Waals surface area contributed by atoms with Crippen molar-refractivity contribution >= 4 is 11.9 Å². The molecule has 1 amide bonds. The monoisotopic (exact) mass is 200 g/mol. The lowest BCUT2D eigenvalue weighted by molar-refractivity contribution is -0.142. The van der Waals surface area contributed by atoms with Gasteiger partial charge in [-0.3, -0.25) is 9.59 Å². The summed E-state index contributed by atoms with van der Waals surface area (Å²) in [5.74, 6) is -1.24. The molecule has 2 unspecified atom stereocenters. The van der Waals surface area contributed by atoms with Gasteiger partial charge in [0.1, 0.15) is 0 Å². The minimum absolute atomic E-state index is 0.153. The molecule has 0 aromatic carbocycles. The molecular weight excluding hydrogens is 184 g/mol. The van der Waals surface area contributed by atoms with Crippen LogP contribution in [0.5, 0.6) is 0 Å². The summed E-state index contributed by atoms with van der Waals surface area (Å²) in [6, 6.07) is 0. The van der Waals surface area contributed by atoms with Crippen molar-refractivity contribution in [3.05, 3.63) is 0 Å². The number of carboxylic acid groups (broad SMARTS) is 1. The molecular formula is C9H16N2O3. The minimum atomic E-state index is -0.751. The molecule has 0 spiro atoms. The van der Waals surface area contributed by atoms with Crippen molar-refractivity contribution in [2.24, 2.45) is 17.6 Å². The van der Waals surface area contributed by atoms with Crippen molar-refractivity contribution in [3.8, 4) is 0 Å². The zero-order valence-corrected chi connectivity index (χ0v) is 8.27. The Morgan fingerprint density at radius 2 is 2.14 bits per heavy atom. The average molecular weight is 200 g/mol. The maximum absolute atomic E-state index is 10.8. The third kappa shape index (κ3) is 2.70. The van der Waals surface area contributed by atoms with Gasteiger partial charge in [-0.25, -0.2) is 0 Å². The smallest absolute Gasteiger partial charge is 0.308 e. The van der Waals surface area contributed by atoms with Gasteiger partial charge in [0, 0.05) is 26.1 Å². The predicted octanol–water partition coefficient (Wildman–Crippen LogP) is -0.486. The molecule has 0 bridgehead atoms. The Bertz CT molecular complexity index is 242. The molecule has 80 valence electrons. The second-order valence-corrected chi connectivity index (χ2v) is 3.90. The summed E-state index contributed by atoms with van der Waals surface area (Å²) in [5.41, 5.74) is 5.02. The van der Waals surface area contributed by atoms with E-state index in [9.17, 15) is 9.59 Å². The van der Waals surface area contributed by atoms with Crippen LogP contribution in [0.2, 0.25) is 0 Å². The fourth-order valence-corrected chi connectivity index (χ4v) is 1.84. The van der Waals surface area contributed by atoms with Crippen LogP contribution in [0.1, 0.15) is 13.3 Å². The largest absolute Gasteiger partial charge is 0.481 e. The van der Waals surface area contributed by atoms with Crippen molar-refractivity contribution < 1.29 is 14.7 Å². The van der Waals surface area contributed by atoms with E-state index in [0.717, 1.165) is 6.54 Å². The summed E-state index contributed by atoms with van der Waals surface area (Å²) in [6.07, 6.45) is 0.305. The van der Waals surface area contributed by atoms with Gasteiger partial charge < -0.3 is 15.7 Å². The number of carbonyl (C=O) groups excluding carboxylic acids is 1. The summed E-state index contributed by atoms with van der Waals surface area (Å²) in [4.78, 5) is 23.3. The second kappa shape index (κ2) is 4.41. The van der Waals surface area contributed by atoms with Gasteiger partial charge in [-0.05, 0) is 5.92 Å². The first-order chi connectivity index (χ1) is 6.50. The standard InChI is InChI=1S/C9H16N2O3/c1-6-4-11(3-2-8(10)12)5-7(6)9(13)14/h6-7H,2-5H2,1H3,(H2,10,12)(H,13,14). The van der Waals surface area contributed by atoms with Crippen LogP contribution in [0.15, 0.2) is 0 Å². The summed E-state index contributed by atoms with van der Waals surface area (Å²) >= 11 is 0. The van der Waals surface area contributed by atoms with E-state index in [1.165, 1.54) is 0 Å². The van der Waals surface area contributed by atoms with Gasteiger partial charge in [-0.2, -0.15) is 0 Å². The number of carbonyl (C=O) groups is 2. The van der Waals surface area contributed by atoms with Gasteiger partial charge in [0.05, 0.1) is 5.92 Å². The van der Waals surface area contributed by atoms with Gasteiger partial charge in [-0.1, -0.05) is 6.92 Å². The quantitative estimate of drug-likeness (QED) is 0.641. The summed E-state index contributed by atoms with van der Waals surface area (Å²) < 4.78 is 0. The lowest BCUT2D eigenvalue weighted by atomic mass is 9.99. The highest BCUT2D eigenvalue weighted by atomic mass is 16.4. The number of nitrogens with zero attached hydrogens (tertiary/aromatic N) is 1. The maximum Gasteiger partial charge on any atom is 0.308 e. The highest BCUT2D eigenvalue weighted by Crippen LogP contribution is 2.22. The van der Waals surface area contributed by atoms with Crippen LogP contribution in [0.3, 0.4) is 0 Å². The van der Waals surface area contributed by atoms with Crippen LogP contribution < -0.4 is 5.73 Å². The van der Waals surface area contributed by atoms with E-state index in [1.807, 2.05) is 11.8 Å². The maximum atomic E-state index is 10.8. The van der Waals surface area contributed by atoms with Crippen LogP contribution in [0, 0.1) is 11.8 Å². The van der Waals surface area contributed by atoms with Crippen molar-refractivity contribution in [3.63, 3.8) is 0 Å². The van der Waals surface area contributed by atoms with E-state index in [4.69, 9.17) is 10.8 Å². The van der Waals surface area contributed by atoms with Crippen LogP contribution in [-0.2, 0) is 9.59 Å². The third-order valence-electron chi connectivity index (χ3n) is 2.68. The number of primary amides is 1. The molecule has 1 rings (SSSR count). The third-order valence-corrected chi connectivity index (χ3v) is 2.68. The fraction of sp³-hybridized carbons (Fsp3) is 0.778. The fourth-order valence-electron chi connectivity index (χ4n) is 1.84. The number of rotatable bonds is 4. The normalized spacial score (nSPS) is 27.8. The van der Waals surface area contributed by atoms with E-state index < -0.39 is 5.97 Å². The number of likely N-dealkylation sites (tertiary alicyclic amines) is 1. The zero-order valence-electron chi connectivity index (χ0n) is 8.27. The SMILES string of the molecule is CC1CN(CCC(N)=O)CC1C(=O)O. The van der Waals surface area contributed by atoms with Crippen molar-refractivity contribution in [1.82, 2.24) is 4.90 Å². The second-order valence-electron chi connectivity index (χ2n) is 3.90. The Morgan fingerprint density at radius 3 is 2.57 bits per heavy atom. The Kier molecular flexibility index (Phi) is 3.46. The number of nitrogens with two attached hydrogens (primary N) is 1. The molecule has 2 atom stereocenters. The molecule has 1 aliphatic rings. The zero-order chi connectivity index (χ0) is 10.7.